The number of hydrogen-bond acceptors (Lipinski definition) is 3. The Morgan fingerprint density at radius 3 is 2.59 bits per heavy atom. The maximum atomic E-state index is 11.8. The maximum Gasteiger partial charge on any atom is 0.346 e. The molecule has 0 radical (unpaired) electrons. The summed E-state index contributed by atoms with van der Waals surface area (Å²) in [6, 6.07) is 1.70. The minimum absolute atomic E-state index is 0.00863. The molecule has 17 heavy (non-hydrogen) atoms. The lowest BCUT2D eigenvalue weighted by Gasteiger charge is -2.08. The van der Waals surface area contributed by atoms with Gasteiger partial charge in [-0.05, 0) is 31.4 Å². The fourth-order valence-corrected chi connectivity index (χ4v) is 2.73. The van der Waals surface area contributed by atoms with E-state index in [9.17, 15) is 9.59 Å². The van der Waals surface area contributed by atoms with Crippen LogP contribution in [0, 0.1) is 12.8 Å². The maximum absolute atomic E-state index is 11.8. The monoisotopic (exact) mass is 251 g/mol. The number of carboxylic acids is 1. The van der Waals surface area contributed by atoms with Gasteiger partial charge >= 0.3 is 5.97 Å². The molecule has 0 unspecified atom stereocenters. The average Bonchev–Trinajstić information content (AvgIpc) is 2.86. The zero-order chi connectivity index (χ0) is 12.4. The number of carbonyl (C=O) groups excluding carboxylic acids is 1. The number of aromatic carboxylic acids is 1. The van der Waals surface area contributed by atoms with Gasteiger partial charge in [-0.15, -0.1) is 11.3 Å². The lowest BCUT2D eigenvalue weighted by molar-refractivity contribution is -0.119. The van der Waals surface area contributed by atoms with Crippen LogP contribution in [-0.2, 0) is 4.79 Å². The van der Waals surface area contributed by atoms with Crippen LogP contribution in [0.4, 0.5) is 5.00 Å². The van der Waals surface area contributed by atoms with Gasteiger partial charge in [0.15, 0.2) is 0 Å². The highest BCUT2D eigenvalue weighted by atomic mass is 32.1. The summed E-state index contributed by atoms with van der Waals surface area (Å²) >= 11 is 1.10. The van der Waals surface area contributed by atoms with E-state index in [0.29, 0.717) is 10.6 Å². The Hall–Kier alpha value is -1.62. The third-order valence-electron chi connectivity index (χ3n) is 2.74. The molecule has 1 amide bonds. The highest BCUT2D eigenvalue weighted by Gasteiger charge is 2.20. The molecule has 2 N–H and O–H groups in total. The van der Waals surface area contributed by atoms with Crippen molar-refractivity contribution in [3.63, 3.8) is 0 Å². The minimum atomic E-state index is -0.949. The number of anilines is 1. The molecule has 1 aliphatic carbocycles. The molecule has 0 atom stereocenters. The number of thiophene rings is 1. The largest absolute Gasteiger partial charge is 0.477 e. The highest BCUT2D eigenvalue weighted by molar-refractivity contribution is 7.18. The van der Waals surface area contributed by atoms with Crippen molar-refractivity contribution < 1.29 is 14.7 Å². The first-order valence-electron chi connectivity index (χ1n) is 5.37. The summed E-state index contributed by atoms with van der Waals surface area (Å²) in [5, 5.41) is 12.3. The van der Waals surface area contributed by atoms with Gasteiger partial charge in [0.05, 0.1) is 5.00 Å². The average molecular weight is 251 g/mol. The summed E-state index contributed by atoms with van der Waals surface area (Å²) < 4.78 is 0. The quantitative estimate of drug-likeness (QED) is 0.812. The Bertz CT molecular complexity index is 482. The number of aryl methyl sites for hydroxylation is 1. The summed E-state index contributed by atoms with van der Waals surface area (Å²) in [5.41, 5.74) is 0.683. The Balaban J connectivity index is 2.06. The Kier molecular flexibility index (Phi) is 3.28. The molecule has 0 aromatic carbocycles. The third-order valence-corrected chi connectivity index (χ3v) is 3.88. The van der Waals surface area contributed by atoms with Crippen molar-refractivity contribution in [1.29, 1.82) is 0 Å². The second kappa shape index (κ2) is 4.71. The molecule has 5 heteroatoms. The van der Waals surface area contributed by atoms with Gasteiger partial charge in [-0.1, -0.05) is 12.2 Å². The van der Waals surface area contributed by atoms with Crippen molar-refractivity contribution in [3.05, 3.63) is 28.7 Å². The van der Waals surface area contributed by atoms with E-state index in [4.69, 9.17) is 5.11 Å². The highest BCUT2D eigenvalue weighted by Crippen LogP contribution is 2.28. The second-order valence-corrected chi connectivity index (χ2v) is 5.11. The molecule has 0 fully saturated rings. The van der Waals surface area contributed by atoms with Crippen molar-refractivity contribution in [2.24, 2.45) is 5.92 Å². The van der Waals surface area contributed by atoms with Crippen LogP contribution in [0.25, 0.3) is 0 Å². The van der Waals surface area contributed by atoms with E-state index in [2.05, 4.69) is 5.32 Å². The third kappa shape index (κ3) is 2.55. The lowest BCUT2D eigenvalue weighted by atomic mass is 10.1. The molecule has 0 saturated carbocycles. The Morgan fingerprint density at radius 2 is 2.06 bits per heavy atom. The molecular formula is C12H13NO3S. The standard InChI is InChI=1S/C12H13NO3S/c1-7-6-9(17-10(7)12(15)16)13-11(14)8-4-2-3-5-8/h2-3,6,8H,4-5H2,1H3,(H,13,14)(H,15,16). The summed E-state index contributed by atoms with van der Waals surface area (Å²) in [6.45, 7) is 1.73. The van der Waals surface area contributed by atoms with E-state index >= 15 is 0 Å². The lowest BCUT2D eigenvalue weighted by Crippen LogP contribution is -2.19. The van der Waals surface area contributed by atoms with E-state index in [1.165, 1.54) is 0 Å². The van der Waals surface area contributed by atoms with Crippen molar-refractivity contribution in [1.82, 2.24) is 0 Å². The molecule has 4 nitrogen and oxygen atoms in total. The molecule has 0 spiro atoms. The number of allylic oxidation sites excluding steroid dienone is 2. The molecule has 90 valence electrons. The van der Waals surface area contributed by atoms with Crippen molar-refractivity contribution in [2.75, 3.05) is 5.32 Å². The molecular weight excluding hydrogens is 238 g/mol. The first-order chi connectivity index (χ1) is 8.08. The van der Waals surface area contributed by atoms with Gasteiger partial charge in [0.2, 0.25) is 5.91 Å². The fourth-order valence-electron chi connectivity index (χ4n) is 1.81. The van der Waals surface area contributed by atoms with Crippen LogP contribution in [0.1, 0.15) is 28.1 Å². The fraction of sp³-hybridized carbons (Fsp3) is 0.333. The van der Waals surface area contributed by atoms with Gasteiger partial charge in [-0.3, -0.25) is 4.79 Å². The van der Waals surface area contributed by atoms with Crippen LogP contribution in [0.15, 0.2) is 18.2 Å². The normalized spacial score (nSPS) is 15.1. The number of amides is 1. The topological polar surface area (TPSA) is 66.4 Å². The summed E-state index contributed by atoms with van der Waals surface area (Å²) in [6.07, 6.45) is 5.52. The van der Waals surface area contributed by atoms with Crippen LogP contribution in [0.3, 0.4) is 0 Å². The molecule has 1 aromatic rings. The van der Waals surface area contributed by atoms with Gasteiger partial charge in [-0.2, -0.15) is 0 Å². The molecule has 0 aliphatic heterocycles. The van der Waals surface area contributed by atoms with Gasteiger partial charge in [-0.25, -0.2) is 4.79 Å². The number of carbonyl (C=O) groups is 2. The Morgan fingerprint density at radius 1 is 1.41 bits per heavy atom. The van der Waals surface area contributed by atoms with E-state index in [1.807, 2.05) is 12.2 Å². The van der Waals surface area contributed by atoms with Crippen LogP contribution in [-0.4, -0.2) is 17.0 Å². The molecule has 1 aliphatic rings. The first kappa shape index (κ1) is 11.9. The number of nitrogens with one attached hydrogen (secondary N) is 1. The Labute approximate surface area is 103 Å². The predicted octanol–water partition coefficient (Wildman–Crippen LogP) is 2.66. The van der Waals surface area contributed by atoms with Crippen LogP contribution < -0.4 is 5.32 Å². The number of rotatable bonds is 3. The van der Waals surface area contributed by atoms with Gasteiger partial charge in [0.25, 0.3) is 0 Å². The molecule has 0 bridgehead atoms. The van der Waals surface area contributed by atoms with Crippen LogP contribution >= 0.6 is 11.3 Å². The van der Waals surface area contributed by atoms with E-state index in [0.717, 1.165) is 24.2 Å². The summed E-state index contributed by atoms with van der Waals surface area (Å²) in [5.74, 6) is -0.991. The van der Waals surface area contributed by atoms with Gasteiger partial charge < -0.3 is 10.4 Å². The molecule has 0 saturated heterocycles. The van der Waals surface area contributed by atoms with Crippen LogP contribution in [0.5, 0.6) is 0 Å². The van der Waals surface area contributed by atoms with Crippen molar-refractivity contribution in [2.45, 2.75) is 19.8 Å². The van der Waals surface area contributed by atoms with Crippen LogP contribution in [0.2, 0.25) is 0 Å². The number of carboxylic acid groups (broad SMARTS) is 1. The van der Waals surface area contributed by atoms with E-state index in [-0.39, 0.29) is 16.7 Å². The second-order valence-electron chi connectivity index (χ2n) is 4.06. The predicted molar refractivity (Wildman–Crippen MR) is 66.5 cm³/mol. The molecule has 2 rings (SSSR count). The van der Waals surface area contributed by atoms with E-state index in [1.54, 1.807) is 13.0 Å². The SMILES string of the molecule is Cc1cc(NC(=O)C2CC=CC2)sc1C(=O)O. The van der Waals surface area contributed by atoms with E-state index < -0.39 is 5.97 Å². The zero-order valence-corrected chi connectivity index (χ0v) is 10.2. The number of hydrogen-bond donors (Lipinski definition) is 2. The van der Waals surface area contributed by atoms with Gasteiger partial charge in [0.1, 0.15) is 4.88 Å². The summed E-state index contributed by atoms with van der Waals surface area (Å²) in [4.78, 5) is 23.0. The summed E-state index contributed by atoms with van der Waals surface area (Å²) in [7, 11) is 0. The zero-order valence-electron chi connectivity index (χ0n) is 9.40. The van der Waals surface area contributed by atoms with Crippen molar-refractivity contribution in [3.8, 4) is 0 Å². The first-order valence-corrected chi connectivity index (χ1v) is 6.19. The smallest absolute Gasteiger partial charge is 0.346 e. The van der Waals surface area contributed by atoms with Gasteiger partial charge in [0, 0.05) is 5.92 Å². The molecule has 1 aromatic heterocycles. The van der Waals surface area contributed by atoms with Crippen molar-refractivity contribution >= 4 is 28.2 Å². The minimum Gasteiger partial charge on any atom is -0.477 e. The molecule has 1 heterocycles.